The summed E-state index contributed by atoms with van der Waals surface area (Å²) in [4.78, 5) is 12.2. The van der Waals surface area contributed by atoms with E-state index in [9.17, 15) is 13.6 Å². The normalized spacial score (nSPS) is 17.5. The Morgan fingerprint density at radius 1 is 1.33 bits per heavy atom. The number of rotatable bonds is 4. The van der Waals surface area contributed by atoms with Crippen molar-refractivity contribution >= 4 is 5.91 Å². The standard InChI is InChI=1S/C16H22F2N2O/c1-10-7-8-12(17)14(15(10)18)16(21)20-13(9-19)11-5-3-2-4-6-11/h7-8,11,13H,2-6,9,19H2,1H3,(H,20,21). The highest BCUT2D eigenvalue weighted by Gasteiger charge is 2.27. The average molecular weight is 296 g/mol. The molecule has 1 aliphatic rings. The van der Waals surface area contributed by atoms with E-state index in [0.29, 0.717) is 5.92 Å². The molecule has 2 rings (SSSR count). The summed E-state index contributed by atoms with van der Waals surface area (Å²) in [6.45, 7) is 1.79. The van der Waals surface area contributed by atoms with E-state index in [1.54, 1.807) is 0 Å². The van der Waals surface area contributed by atoms with Gasteiger partial charge >= 0.3 is 0 Å². The van der Waals surface area contributed by atoms with Gasteiger partial charge in [0, 0.05) is 12.6 Å². The van der Waals surface area contributed by atoms with Crippen LogP contribution in [0.3, 0.4) is 0 Å². The third kappa shape index (κ3) is 3.59. The first kappa shape index (κ1) is 15.9. The number of halogens is 2. The molecule has 1 fully saturated rings. The third-order valence-corrected chi connectivity index (χ3v) is 4.30. The van der Waals surface area contributed by atoms with Gasteiger partial charge in [-0.2, -0.15) is 0 Å². The molecule has 1 aromatic carbocycles. The molecule has 0 saturated heterocycles. The first-order valence-corrected chi connectivity index (χ1v) is 7.50. The molecule has 1 aliphatic carbocycles. The predicted molar refractivity (Wildman–Crippen MR) is 78.0 cm³/mol. The van der Waals surface area contributed by atoms with Gasteiger partial charge in [0.15, 0.2) is 0 Å². The van der Waals surface area contributed by atoms with Gasteiger partial charge in [-0.05, 0) is 37.3 Å². The second-order valence-corrected chi connectivity index (χ2v) is 5.77. The van der Waals surface area contributed by atoms with Crippen LogP contribution in [0.1, 0.15) is 48.0 Å². The number of hydrogen-bond donors (Lipinski definition) is 2. The van der Waals surface area contributed by atoms with E-state index >= 15 is 0 Å². The number of amides is 1. The molecule has 1 unspecified atom stereocenters. The molecule has 3 nitrogen and oxygen atoms in total. The van der Waals surface area contributed by atoms with Gasteiger partial charge < -0.3 is 11.1 Å². The number of carbonyl (C=O) groups is 1. The highest BCUT2D eigenvalue weighted by atomic mass is 19.1. The third-order valence-electron chi connectivity index (χ3n) is 4.30. The fraction of sp³-hybridized carbons (Fsp3) is 0.562. The highest BCUT2D eigenvalue weighted by Crippen LogP contribution is 2.26. The van der Waals surface area contributed by atoms with Crippen LogP contribution in [0.4, 0.5) is 8.78 Å². The van der Waals surface area contributed by atoms with E-state index in [0.717, 1.165) is 31.7 Å². The van der Waals surface area contributed by atoms with E-state index in [-0.39, 0.29) is 18.2 Å². The van der Waals surface area contributed by atoms with Gasteiger partial charge in [-0.15, -0.1) is 0 Å². The SMILES string of the molecule is Cc1ccc(F)c(C(=O)NC(CN)C2CCCCC2)c1F. The van der Waals surface area contributed by atoms with E-state index in [2.05, 4.69) is 5.32 Å². The molecule has 1 saturated carbocycles. The largest absolute Gasteiger partial charge is 0.348 e. The van der Waals surface area contributed by atoms with Crippen LogP contribution in [0, 0.1) is 24.5 Å². The molecule has 0 aromatic heterocycles. The Bertz CT molecular complexity index is 513. The van der Waals surface area contributed by atoms with Crippen LogP contribution in [0.5, 0.6) is 0 Å². The fourth-order valence-electron chi connectivity index (χ4n) is 3.01. The Labute approximate surface area is 123 Å². The maximum Gasteiger partial charge on any atom is 0.257 e. The molecule has 5 heteroatoms. The number of aryl methyl sites for hydroxylation is 1. The lowest BCUT2D eigenvalue weighted by Crippen LogP contribution is -2.46. The topological polar surface area (TPSA) is 55.1 Å². The van der Waals surface area contributed by atoms with Crippen LogP contribution >= 0.6 is 0 Å². The average Bonchev–Trinajstić information content (AvgIpc) is 2.50. The molecule has 0 aliphatic heterocycles. The molecule has 0 spiro atoms. The zero-order chi connectivity index (χ0) is 15.4. The molecular formula is C16H22F2N2O. The van der Waals surface area contributed by atoms with Crippen LogP contribution in [0.25, 0.3) is 0 Å². The Morgan fingerprint density at radius 2 is 2.00 bits per heavy atom. The number of hydrogen-bond acceptors (Lipinski definition) is 2. The van der Waals surface area contributed by atoms with Gasteiger partial charge in [0.2, 0.25) is 0 Å². The van der Waals surface area contributed by atoms with Gasteiger partial charge in [-0.1, -0.05) is 25.3 Å². The highest BCUT2D eigenvalue weighted by molar-refractivity contribution is 5.95. The van der Waals surface area contributed by atoms with Crippen LogP contribution in [-0.4, -0.2) is 18.5 Å². The molecule has 1 aromatic rings. The number of nitrogens with one attached hydrogen (secondary N) is 1. The Hall–Kier alpha value is -1.49. The first-order chi connectivity index (χ1) is 10.0. The van der Waals surface area contributed by atoms with Gasteiger partial charge in [0.25, 0.3) is 5.91 Å². The van der Waals surface area contributed by atoms with E-state index in [4.69, 9.17) is 5.73 Å². The molecule has 1 atom stereocenters. The van der Waals surface area contributed by atoms with Gasteiger partial charge in [-0.3, -0.25) is 4.79 Å². The second kappa shape index (κ2) is 6.98. The monoisotopic (exact) mass is 296 g/mol. The van der Waals surface area contributed by atoms with Crippen LogP contribution in [0.2, 0.25) is 0 Å². The zero-order valence-electron chi connectivity index (χ0n) is 12.3. The van der Waals surface area contributed by atoms with E-state index in [1.807, 2.05) is 0 Å². The first-order valence-electron chi connectivity index (χ1n) is 7.50. The number of benzene rings is 1. The quantitative estimate of drug-likeness (QED) is 0.897. The minimum absolute atomic E-state index is 0.225. The molecule has 116 valence electrons. The van der Waals surface area contributed by atoms with Gasteiger partial charge in [-0.25, -0.2) is 8.78 Å². The molecule has 21 heavy (non-hydrogen) atoms. The van der Waals surface area contributed by atoms with Crippen molar-refractivity contribution in [1.29, 1.82) is 0 Å². The van der Waals surface area contributed by atoms with Crippen molar-refractivity contribution in [3.8, 4) is 0 Å². The summed E-state index contributed by atoms with van der Waals surface area (Å²) >= 11 is 0. The summed E-state index contributed by atoms with van der Waals surface area (Å²) < 4.78 is 27.7. The zero-order valence-corrected chi connectivity index (χ0v) is 12.3. The Kier molecular flexibility index (Phi) is 5.28. The summed E-state index contributed by atoms with van der Waals surface area (Å²) in [5.41, 5.74) is 5.48. The second-order valence-electron chi connectivity index (χ2n) is 5.77. The lowest BCUT2D eigenvalue weighted by molar-refractivity contribution is 0.0906. The van der Waals surface area contributed by atoms with Crippen molar-refractivity contribution in [3.05, 3.63) is 34.9 Å². The van der Waals surface area contributed by atoms with Crippen molar-refractivity contribution in [2.75, 3.05) is 6.54 Å². The van der Waals surface area contributed by atoms with Crippen molar-refractivity contribution < 1.29 is 13.6 Å². The molecule has 0 heterocycles. The van der Waals surface area contributed by atoms with Crippen molar-refractivity contribution in [3.63, 3.8) is 0 Å². The van der Waals surface area contributed by atoms with Crippen LogP contribution < -0.4 is 11.1 Å². The predicted octanol–water partition coefficient (Wildman–Crippen LogP) is 2.91. The lowest BCUT2D eigenvalue weighted by atomic mass is 9.84. The molecule has 3 N–H and O–H groups in total. The van der Waals surface area contributed by atoms with Gasteiger partial charge in [0.05, 0.1) is 0 Å². The fourth-order valence-corrected chi connectivity index (χ4v) is 3.01. The van der Waals surface area contributed by atoms with Crippen molar-refractivity contribution in [1.82, 2.24) is 5.32 Å². The summed E-state index contributed by atoms with van der Waals surface area (Å²) in [6, 6.07) is 2.21. The number of carbonyl (C=O) groups excluding carboxylic acids is 1. The minimum atomic E-state index is -0.838. The molecular weight excluding hydrogens is 274 g/mol. The number of nitrogens with two attached hydrogens (primary N) is 1. The molecule has 0 radical (unpaired) electrons. The van der Waals surface area contributed by atoms with Crippen molar-refractivity contribution in [2.45, 2.75) is 45.1 Å². The van der Waals surface area contributed by atoms with Crippen LogP contribution in [-0.2, 0) is 0 Å². The maximum absolute atomic E-state index is 14.0. The summed E-state index contributed by atoms with van der Waals surface area (Å²) in [6.07, 6.45) is 5.43. The van der Waals surface area contributed by atoms with Crippen LogP contribution in [0.15, 0.2) is 12.1 Å². The lowest BCUT2D eigenvalue weighted by Gasteiger charge is -2.30. The smallest absolute Gasteiger partial charge is 0.257 e. The Morgan fingerprint density at radius 3 is 2.62 bits per heavy atom. The van der Waals surface area contributed by atoms with Crippen molar-refractivity contribution in [2.24, 2.45) is 11.7 Å². The molecule has 1 amide bonds. The summed E-state index contributed by atoms with van der Waals surface area (Å²) in [7, 11) is 0. The van der Waals surface area contributed by atoms with E-state index in [1.165, 1.54) is 19.4 Å². The summed E-state index contributed by atoms with van der Waals surface area (Å²) in [5, 5.41) is 2.72. The maximum atomic E-state index is 14.0. The molecule has 0 bridgehead atoms. The summed E-state index contributed by atoms with van der Waals surface area (Å²) in [5.74, 6) is -2.06. The minimum Gasteiger partial charge on any atom is -0.348 e. The Balaban J connectivity index is 2.14. The van der Waals surface area contributed by atoms with Gasteiger partial charge in [0.1, 0.15) is 17.2 Å². The van der Waals surface area contributed by atoms with E-state index < -0.39 is 23.1 Å².